The molecule has 0 amide bonds. The number of esters is 1. The highest BCUT2D eigenvalue weighted by atomic mass is 16.6. The van der Waals surface area contributed by atoms with Crippen molar-refractivity contribution in [2.45, 2.75) is 20.3 Å². The first-order valence-corrected chi connectivity index (χ1v) is 3.48. The van der Waals surface area contributed by atoms with Crippen LogP contribution in [0.3, 0.4) is 0 Å². The molecule has 0 aliphatic heterocycles. The van der Waals surface area contributed by atoms with Gasteiger partial charge in [0.15, 0.2) is 0 Å². The van der Waals surface area contributed by atoms with Gasteiger partial charge in [0.05, 0.1) is 6.26 Å². The van der Waals surface area contributed by atoms with Crippen LogP contribution in [0.1, 0.15) is 18.9 Å². The van der Waals surface area contributed by atoms with Crippen molar-refractivity contribution >= 4 is 5.97 Å². The Balaban J connectivity index is 2.64. The van der Waals surface area contributed by atoms with Crippen molar-refractivity contribution in [2.24, 2.45) is 0 Å². The van der Waals surface area contributed by atoms with Crippen molar-refractivity contribution in [3.05, 3.63) is 17.9 Å². The molecule has 60 valence electrons. The molecule has 1 aromatic rings. The third kappa shape index (κ3) is 1.83. The van der Waals surface area contributed by atoms with Crippen LogP contribution in [0.4, 0.5) is 0 Å². The predicted molar refractivity (Wildman–Crippen MR) is 39.4 cm³/mol. The summed E-state index contributed by atoms with van der Waals surface area (Å²) in [6.45, 7) is 3.56. The van der Waals surface area contributed by atoms with Gasteiger partial charge in [-0.05, 0) is 13.0 Å². The number of carbonyl (C=O) groups is 1. The Morgan fingerprint density at radius 1 is 1.73 bits per heavy atom. The molecule has 0 saturated heterocycles. The molecule has 0 N–H and O–H groups in total. The van der Waals surface area contributed by atoms with E-state index in [-0.39, 0.29) is 5.97 Å². The molecule has 0 fully saturated rings. The quantitative estimate of drug-likeness (QED) is 0.611. The molecule has 0 saturated carbocycles. The van der Waals surface area contributed by atoms with E-state index in [1.807, 2.05) is 6.92 Å². The lowest BCUT2D eigenvalue weighted by Gasteiger charge is -1.97. The van der Waals surface area contributed by atoms with Crippen LogP contribution in [0, 0.1) is 6.92 Å². The Morgan fingerprint density at radius 2 is 2.45 bits per heavy atom. The summed E-state index contributed by atoms with van der Waals surface area (Å²) in [5, 5.41) is 0. The van der Waals surface area contributed by atoms with Gasteiger partial charge in [-0.15, -0.1) is 0 Å². The second kappa shape index (κ2) is 3.23. The minimum atomic E-state index is -0.275. The average Bonchev–Trinajstić information content (AvgIpc) is 2.37. The van der Waals surface area contributed by atoms with Gasteiger partial charge in [0.2, 0.25) is 0 Å². The first-order valence-electron chi connectivity index (χ1n) is 3.48. The van der Waals surface area contributed by atoms with E-state index in [9.17, 15) is 4.79 Å². The van der Waals surface area contributed by atoms with E-state index in [2.05, 4.69) is 0 Å². The van der Waals surface area contributed by atoms with Crippen LogP contribution in [-0.2, 0) is 4.79 Å². The summed E-state index contributed by atoms with van der Waals surface area (Å²) in [5.41, 5.74) is 0.840. The molecule has 1 rings (SSSR count). The number of hydrogen-bond donors (Lipinski definition) is 0. The van der Waals surface area contributed by atoms with Crippen LogP contribution in [0.15, 0.2) is 16.7 Å². The highest BCUT2D eigenvalue weighted by Crippen LogP contribution is 2.18. The molecule has 11 heavy (non-hydrogen) atoms. The first kappa shape index (κ1) is 7.85. The van der Waals surface area contributed by atoms with Gasteiger partial charge in [-0.1, -0.05) is 6.92 Å². The largest absolute Gasteiger partial charge is 0.434 e. The van der Waals surface area contributed by atoms with Gasteiger partial charge in [-0.2, -0.15) is 0 Å². The van der Waals surface area contributed by atoms with E-state index in [1.165, 1.54) is 6.26 Å². The number of aryl methyl sites for hydroxylation is 1. The summed E-state index contributed by atoms with van der Waals surface area (Å²) < 4.78 is 9.72. The molecule has 0 aliphatic rings. The van der Waals surface area contributed by atoms with E-state index < -0.39 is 0 Å². The zero-order chi connectivity index (χ0) is 8.27. The minimum Gasteiger partial charge on any atom is -0.434 e. The van der Waals surface area contributed by atoms with Crippen LogP contribution in [0.25, 0.3) is 0 Å². The van der Waals surface area contributed by atoms with Crippen LogP contribution in [0.5, 0.6) is 5.95 Å². The molecule has 3 heteroatoms. The topological polar surface area (TPSA) is 39.4 Å². The SMILES string of the molecule is CCC(=O)Oc1occc1C. The van der Waals surface area contributed by atoms with Crippen molar-refractivity contribution in [2.75, 3.05) is 0 Å². The van der Waals surface area contributed by atoms with Gasteiger partial charge >= 0.3 is 5.97 Å². The molecule has 0 radical (unpaired) electrons. The van der Waals surface area contributed by atoms with Crippen molar-refractivity contribution < 1.29 is 13.9 Å². The number of hydrogen-bond acceptors (Lipinski definition) is 3. The fourth-order valence-corrected chi connectivity index (χ4v) is 0.639. The van der Waals surface area contributed by atoms with Gasteiger partial charge in [-0.25, -0.2) is 0 Å². The van der Waals surface area contributed by atoms with Crippen LogP contribution in [0.2, 0.25) is 0 Å². The fraction of sp³-hybridized carbons (Fsp3) is 0.375. The zero-order valence-corrected chi connectivity index (χ0v) is 6.59. The molecular weight excluding hydrogens is 144 g/mol. The molecule has 0 atom stereocenters. The zero-order valence-electron chi connectivity index (χ0n) is 6.59. The Morgan fingerprint density at radius 3 is 2.91 bits per heavy atom. The summed E-state index contributed by atoms with van der Waals surface area (Å²) in [6.07, 6.45) is 1.85. The summed E-state index contributed by atoms with van der Waals surface area (Å²) >= 11 is 0. The summed E-state index contributed by atoms with van der Waals surface area (Å²) in [5.74, 6) is 0.0277. The summed E-state index contributed by atoms with van der Waals surface area (Å²) in [6, 6.07) is 1.75. The molecule has 1 heterocycles. The maximum absolute atomic E-state index is 10.7. The van der Waals surface area contributed by atoms with E-state index in [0.717, 1.165) is 5.56 Å². The van der Waals surface area contributed by atoms with Crippen LogP contribution < -0.4 is 4.74 Å². The Hall–Kier alpha value is -1.25. The van der Waals surface area contributed by atoms with Gasteiger partial charge in [0.25, 0.3) is 5.95 Å². The lowest BCUT2D eigenvalue weighted by atomic mass is 10.4. The van der Waals surface area contributed by atoms with Gasteiger partial charge in [0, 0.05) is 12.0 Å². The van der Waals surface area contributed by atoms with E-state index >= 15 is 0 Å². The van der Waals surface area contributed by atoms with Crippen LogP contribution in [-0.4, -0.2) is 5.97 Å². The second-order valence-electron chi connectivity index (χ2n) is 2.22. The van der Waals surface area contributed by atoms with Gasteiger partial charge < -0.3 is 9.15 Å². The van der Waals surface area contributed by atoms with E-state index in [4.69, 9.17) is 9.15 Å². The first-order chi connectivity index (χ1) is 5.24. The van der Waals surface area contributed by atoms with E-state index in [1.54, 1.807) is 13.0 Å². The average molecular weight is 154 g/mol. The molecule has 0 aromatic carbocycles. The maximum Gasteiger partial charge on any atom is 0.313 e. The highest BCUT2D eigenvalue weighted by molar-refractivity contribution is 5.71. The van der Waals surface area contributed by atoms with Crippen molar-refractivity contribution in [3.8, 4) is 5.95 Å². The molecule has 0 unspecified atom stereocenters. The third-order valence-corrected chi connectivity index (χ3v) is 1.31. The number of ether oxygens (including phenoxy) is 1. The lowest BCUT2D eigenvalue weighted by Crippen LogP contribution is -2.05. The number of carbonyl (C=O) groups excluding carboxylic acids is 1. The predicted octanol–water partition coefficient (Wildman–Crippen LogP) is 1.90. The van der Waals surface area contributed by atoms with Gasteiger partial charge in [0.1, 0.15) is 0 Å². The number of furan rings is 1. The molecular formula is C8H10O3. The van der Waals surface area contributed by atoms with Gasteiger partial charge in [-0.3, -0.25) is 4.79 Å². The maximum atomic E-state index is 10.7. The Kier molecular flexibility index (Phi) is 2.31. The Bertz CT molecular complexity index is 250. The van der Waals surface area contributed by atoms with Crippen molar-refractivity contribution in [3.63, 3.8) is 0 Å². The molecule has 1 aromatic heterocycles. The normalized spacial score (nSPS) is 9.64. The highest BCUT2D eigenvalue weighted by Gasteiger charge is 2.06. The molecule has 0 bridgehead atoms. The minimum absolute atomic E-state index is 0.275. The standard InChI is InChI=1S/C8H10O3/c1-3-7(9)11-8-6(2)4-5-10-8/h4-5H,3H2,1-2H3. The van der Waals surface area contributed by atoms with Crippen molar-refractivity contribution in [1.29, 1.82) is 0 Å². The number of rotatable bonds is 2. The second-order valence-corrected chi connectivity index (χ2v) is 2.22. The van der Waals surface area contributed by atoms with Crippen LogP contribution >= 0.6 is 0 Å². The monoisotopic (exact) mass is 154 g/mol. The van der Waals surface area contributed by atoms with E-state index in [0.29, 0.717) is 12.4 Å². The fourth-order valence-electron chi connectivity index (χ4n) is 0.639. The third-order valence-electron chi connectivity index (χ3n) is 1.31. The molecule has 0 aliphatic carbocycles. The Labute approximate surface area is 65.0 Å². The summed E-state index contributed by atoms with van der Waals surface area (Å²) in [7, 11) is 0. The smallest absolute Gasteiger partial charge is 0.313 e. The molecule has 3 nitrogen and oxygen atoms in total. The molecule has 0 spiro atoms. The summed E-state index contributed by atoms with van der Waals surface area (Å²) in [4.78, 5) is 10.7. The lowest BCUT2D eigenvalue weighted by molar-refractivity contribution is -0.135. The van der Waals surface area contributed by atoms with Crippen molar-refractivity contribution in [1.82, 2.24) is 0 Å².